The molecule has 1 aromatic rings. The van der Waals surface area contributed by atoms with Crippen molar-refractivity contribution in [2.45, 2.75) is 25.9 Å². The van der Waals surface area contributed by atoms with Crippen LogP contribution >= 0.6 is 24.0 Å². The van der Waals surface area contributed by atoms with E-state index in [4.69, 9.17) is 11.6 Å². The molecule has 112 valence electrons. The molecule has 1 aliphatic heterocycles. The van der Waals surface area contributed by atoms with Crippen molar-refractivity contribution >= 4 is 35.6 Å². The number of hydrogen-bond acceptors (Lipinski definition) is 3. The Balaban J connectivity index is 0.00000200. The maximum absolute atomic E-state index is 12.0. The number of carbonyl (C=O) groups is 1. The molecule has 0 aliphatic carbocycles. The highest BCUT2D eigenvalue weighted by Crippen LogP contribution is 2.15. The number of amides is 1. The second-order valence-electron chi connectivity index (χ2n) is 5.22. The Bertz CT molecular complexity index is 446. The summed E-state index contributed by atoms with van der Waals surface area (Å²) in [6.07, 6.45) is 0. The smallest absolute Gasteiger partial charge is 0.238 e. The van der Waals surface area contributed by atoms with E-state index in [9.17, 15) is 4.79 Å². The third-order valence-corrected chi connectivity index (χ3v) is 3.34. The lowest BCUT2D eigenvalue weighted by Crippen LogP contribution is -2.55. The Morgan fingerprint density at radius 3 is 2.65 bits per heavy atom. The van der Waals surface area contributed by atoms with Crippen LogP contribution in [0.25, 0.3) is 0 Å². The summed E-state index contributed by atoms with van der Waals surface area (Å²) in [5.74, 6) is 0.00330. The molecular weight excluding hydrogens is 297 g/mol. The third kappa shape index (κ3) is 5.29. The first-order valence-corrected chi connectivity index (χ1v) is 6.94. The molecule has 0 saturated carbocycles. The van der Waals surface area contributed by atoms with Gasteiger partial charge in [-0.3, -0.25) is 9.69 Å². The summed E-state index contributed by atoms with van der Waals surface area (Å²) in [6, 6.07) is 8.05. The number of rotatable bonds is 3. The topological polar surface area (TPSA) is 44.4 Å². The van der Waals surface area contributed by atoms with Gasteiger partial charge in [0.15, 0.2) is 0 Å². The summed E-state index contributed by atoms with van der Waals surface area (Å²) in [7, 11) is 0. The zero-order valence-corrected chi connectivity index (χ0v) is 13.3. The minimum atomic E-state index is 0. The Morgan fingerprint density at radius 2 is 2.05 bits per heavy atom. The first-order chi connectivity index (χ1) is 9.02. The van der Waals surface area contributed by atoms with E-state index in [2.05, 4.69) is 29.4 Å². The van der Waals surface area contributed by atoms with E-state index in [-0.39, 0.29) is 18.3 Å². The Kier molecular flexibility index (Phi) is 6.76. The molecule has 0 radical (unpaired) electrons. The van der Waals surface area contributed by atoms with Gasteiger partial charge in [-0.2, -0.15) is 0 Å². The molecule has 0 bridgehead atoms. The lowest BCUT2D eigenvalue weighted by molar-refractivity contribution is -0.117. The predicted octanol–water partition coefficient (Wildman–Crippen LogP) is 2.38. The van der Waals surface area contributed by atoms with Gasteiger partial charge >= 0.3 is 0 Å². The zero-order valence-electron chi connectivity index (χ0n) is 11.7. The van der Waals surface area contributed by atoms with E-state index in [1.54, 1.807) is 12.1 Å². The van der Waals surface area contributed by atoms with Crippen molar-refractivity contribution in [2.75, 3.05) is 25.0 Å². The Morgan fingerprint density at radius 1 is 1.40 bits per heavy atom. The van der Waals surface area contributed by atoms with E-state index in [1.165, 1.54) is 0 Å². The second-order valence-corrected chi connectivity index (χ2v) is 5.66. The highest BCUT2D eigenvalue weighted by molar-refractivity contribution is 6.30. The number of nitrogens with one attached hydrogen (secondary N) is 2. The summed E-state index contributed by atoms with van der Waals surface area (Å²) in [6.45, 7) is 6.48. The molecule has 1 heterocycles. The number of anilines is 1. The normalized spacial score (nSPS) is 22.9. The number of halogens is 2. The quantitative estimate of drug-likeness (QED) is 0.899. The van der Waals surface area contributed by atoms with Crippen molar-refractivity contribution in [3.05, 3.63) is 29.3 Å². The van der Waals surface area contributed by atoms with Gasteiger partial charge in [-0.25, -0.2) is 0 Å². The van der Waals surface area contributed by atoms with E-state index >= 15 is 0 Å². The fourth-order valence-corrected chi connectivity index (χ4v) is 2.73. The van der Waals surface area contributed by atoms with Crippen molar-refractivity contribution in [1.82, 2.24) is 10.2 Å². The molecule has 4 nitrogen and oxygen atoms in total. The summed E-state index contributed by atoms with van der Waals surface area (Å²) >= 11 is 5.89. The number of hydrogen-bond donors (Lipinski definition) is 2. The fraction of sp³-hybridized carbons (Fsp3) is 0.500. The van der Waals surface area contributed by atoms with Crippen LogP contribution in [0.5, 0.6) is 0 Å². The number of piperazine rings is 1. The van der Waals surface area contributed by atoms with Gasteiger partial charge < -0.3 is 10.6 Å². The first kappa shape index (κ1) is 17.2. The van der Waals surface area contributed by atoms with Crippen LogP contribution in [-0.4, -0.2) is 42.5 Å². The Hall–Kier alpha value is -0.810. The zero-order chi connectivity index (χ0) is 13.8. The van der Waals surface area contributed by atoms with Gasteiger partial charge in [-0.1, -0.05) is 17.7 Å². The SMILES string of the molecule is CC1CN(CC(=O)Nc2cccc(Cl)c2)CC(C)N1.Cl. The van der Waals surface area contributed by atoms with Crippen LogP contribution in [0.15, 0.2) is 24.3 Å². The molecule has 0 aromatic heterocycles. The Labute approximate surface area is 131 Å². The van der Waals surface area contributed by atoms with Gasteiger partial charge in [0, 0.05) is 35.9 Å². The molecule has 1 fully saturated rings. The van der Waals surface area contributed by atoms with E-state index in [0.717, 1.165) is 18.8 Å². The largest absolute Gasteiger partial charge is 0.325 e. The van der Waals surface area contributed by atoms with Crippen LogP contribution in [-0.2, 0) is 4.79 Å². The van der Waals surface area contributed by atoms with Crippen molar-refractivity contribution < 1.29 is 4.79 Å². The molecule has 1 aromatic carbocycles. The lowest BCUT2D eigenvalue weighted by Gasteiger charge is -2.35. The van der Waals surface area contributed by atoms with Crippen LogP contribution in [0, 0.1) is 0 Å². The van der Waals surface area contributed by atoms with Crippen LogP contribution < -0.4 is 10.6 Å². The van der Waals surface area contributed by atoms with E-state index < -0.39 is 0 Å². The van der Waals surface area contributed by atoms with Crippen molar-refractivity contribution in [1.29, 1.82) is 0 Å². The third-order valence-electron chi connectivity index (χ3n) is 3.11. The monoisotopic (exact) mass is 317 g/mol. The molecule has 1 saturated heterocycles. The molecule has 2 unspecified atom stereocenters. The van der Waals surface area contributed by atoms with E-state index in [0.29, 0.717) is 23.7 Å². The average molecular weight is 318 g/mol. The van der Waals surface area contributed by atoms with E-state index in [1.807, 2.05) is 12.1 Å². The summed E-state index contributed by atoms with van der Waals surface area (Å²) in [4.78, 5) is 14.2. The van der Waals surface area contributed by atoms with Crippen LogP contribution in [0.2, 0.25) is 5.02 Å². The number of nitrogens with zero attached hydrogens (tertiary/aromatic N) is 1. The summed E-state index contributed by atoms with van der Waals surface area (Å²) in [5, 5.41) is 6.95. The fourth-order valence-electron chi connectivity index (χ4n) is 2.54. The number of benzene rings is 1. The molecule has 2 atom stereocenters. The van der Waals surface area contributed by atoms with Crippen molar-refractivity contribution in [3.8, 4) is 0 Å². The highest BCUT2D eigenvalue weighted by Gasteiger charge is 2.22. The van der Waals surface area contributed by atoms with Crippen LogP contribution in [0.3, 0.4) is 0 Å². The maximum atomic E-state index is 12.0. The summed E-state index contributed by atoms with van der Waals surface area (Å²) < 4.78 is 0. The van der Waals surface area contributed by atoms with Crippen molar-refractivity contribution in [2.24, 2.45) is 0 Å². The molecule has 6 heteroatoms. The second kappa shape index (κ2) is 7.84. The van der Waals surface area contributed by atoms with Crippen LogP contribution in [0.4, 0.5) is 5.69 Å². The molecule has 20 heavy (non-hydrogen) atoms. The van der Waals surface area contributed by atoms with Gasteiger partial charge in [0.2, 0.25) is 5.91 Å². The van der Waals surface area contributed by atoms with Gasteiger partial charge in [0.25, 0.3) is 0 Å². The highest BCUT2D eigenvalue weighted by atomic mass is 35.5. The minimum absolute atomic E-state index is 0. The van der Waals surface area contributed by atoms with Crippen LogP contribution in [0.1, 0.15) is 13.8 Å². The molecule has 1 amide bonds. The molecule has 1 aliphatic rings. The predicted molar refractivity (Wildman–Crippen MR) is 85.8 cm³/mol. The van der Waals surface area contributed by atoms with Gasteiger partial charge in [0.05, 0.1) is 6.54 Å². The molecule has 2 N–H and O–H groups in total. The maximum Gasteiger partial charge on any atom is 0.238 e. The van der Waals surface area contributed by atoms with Gasteiger partial charge in [-0.05, 0) is 32.0 Å². The van der Waals surface area contributed by atoms with Gasteiger partial charge in [0.1, 0.15) is 0 Å². The standard InChI is InChI=1S/C14H20ClN3O.ClH/c1-10-7-18(8-11(2)16-10)9-14(19)17-13-5-3-4-12(15)6-13;/h3-6,10-11,16H,7-9H2,1-2H3,(H,17,19);1H. The lowest BCUT2D eigenvalue weighted by atomic mass is 10.1. The molecule has 0 spiro atoms. The average Bonchev–Trinajstić information content (AvgIpc) is 2.26. The molecular formula is C14H21Cl2N3O. The minimum Gasteiger partial charge on any atom is -0.325 e. The summed E-state index contributed by atoms with van der Waals surface area (Å²) in [5.41, 5.74) is 0.744. The first-order valence-electron chi connectivity index (χ1n) is 6.57. The van der Waals surface area contributed by atoms with Gasteiger partial charge in [-0.15, -0.1) is 12.4 Å². The number of carbonyl (C=O) groups excluding carboxylic acids is 1. The molecule has 2 rings (SSSR count). The van der Waals surface area contributed by atoms with Crippen molar-refractivity contribution in [3.63, 3.8) is 0 Å².